The van der Waals surface area contributed by atoms with Crippen LogP contribution in [0.4, 0.5) is 10.1 Å². The third-order valence-electron chi connectivity index (χ3n) is 2.58. The van der Waals surface area contributed by atoms with Crippen molar-refractivity contribution in [2.75, 3.05) is 5.32 Å². The number of benzene rings is 1. The summed E-state index contributed by atoms with van der Waals surface area (Å²) in [7, 11) is 1.77. The molecule has 1 heterocycles. The lowest BCUT2D eigenvalue weighted by Crippen LogP contribution is -2.12. The van der Waals surface area contributed by atoms with E-state index in [1.54, 1.807) is 11.7 Å². The Morgan fingerprint density at radius 3 is 2.53 bits per heavy atom. The van der Waals surface area contributed by atoms with Crippen LogP contribution in [-0.4, -0.2) is 15.7 Å². The van der Waals surface area contributed by atoms with Crippen molar-refractivity contribution in [2.24, 2.45) is 7.05 Å². The second-order valence-corrected chi connectivity index (χ2v) is 3.73. The van der Waals surface area contributed by atoms with E-state index in [4.69, 9.17) is 0 Å². The molecular weight excluding hydrogens is 221 g/mol. The van der Waals surface area contributed by atoms with Gasteiger partial charge in [0.1, 0.15) is 5.82 Å². The summed E-state index contributed by atoms with van der Waals surface area (Å²) in [4.78, 5) is 11.9. The highest BCUT2D eigenvalue weighted by Gasteiger charge is 2.12. The molecule has 0 saturated carbocycles. The highest BCUT2D eigenvalue weighted by Crippen LogP contribution is 2.12. The fourth-order valence-corrected chi connectivity index (χ4v) is 1.45. The summed E-state index contributed by atoms with van der Waals surface area (Å²) in [5, 5.41) is 6.67. The quantitative estimate of drug-likeness (QED) is 0.863. The van der Waals surface area contributed by atoms with Gasteiger partial charge in [-0.1, -0.05) is 0 Å². The summed E-state index contributed by atoms with van der Waals surface area (Å²) in [5.41, 5.74) is 1.85. The van der Waals surface area contributed by atoms with Gasteiger partial charge in [0.05, 0.1) is 11.8 Å². The minimum Gasteiger partial charge on any atom is -0.322 e. The molecule has 5 heteroatoms. The predicted octanol–water partition coefficient (Wildman–Crippen LogP) is 2.12. The first-order chi connectivity index (χ1) is 8.08. The molecule has 0 radical (unpaired) electrons. The molecule has 1 amide bonds. The third-order valence-corrected chi connectivity index (χ3v) is 2.58. The third kappa shape index (κ3) is 2.33. The van der Waals surface area contributed by atoms with Crippen LogP contribution in [0.2, 0.25) is 0 Å². The number of hydrogen-bond donors (Lipinski definition) is 1. The van der Waals surface area contributed by atoms with Gasteiger partial charge in [0.2, 0.25) is 0 Å². The molecule has 0 unspecified atom stereocenters. The number of amides is 1. The van der Waals surface area contributed by atoms with E-state index in [1.807, 2.05) is 6.92 Å². The zero-order chi connectivity index (χ0) is 12.4. The van der Waals surface area contributed by atoms with Crippen molar-refractivity contribution < 1.29 is 9.18 Å². The van der Waals surface area contributed by atoms with Crippen LogP contribution in [0.5, 0.6) is 0 Å². The second kappa shape index (κ2) is 4.37. The first-order valence-electron chi connectivity index (χ1n) is 5.13. The number of nitrogens with zero attached hydrogens (tertiary/aromatic N) is 2. The largest absolute Gasteiger partial charge is 0.322 e. The molecular formula is C12H12FN3O. The Kier molecular flexibility index (Phi) is 2.91. The monoisotopic (exact) mass is 233 g/mol. The van der Waals surface area contributed by atoms with Gasteiger partial charge in [-0.15, -0.1) is 0 Å². The maximum absolute atomic E-state index is 12.7. The minimum atomic E-state index is -0.333. The van der Waals surface area contributed by atoms with E-state index in [-0.39, 0.29) is 11.7 Å². The van der Waals surface area contributed by atoms with Gasteiger partial charge in [-0.2, -0.15) is 5.10 Å². The van der Waals surface area contributed by atoms with E-state index in [9.17, 15) is 9.18 Å². The van der Waals surface area contributed by atoms with Gasteiger partial charge in [0.15, 0.2) is 0 Å². The SMILES string of the molecule is Cc1c(C(=O)Nc2ccc(F)cc2)cnn1C. The molecule has 0 aliphatic carbocycles. The van der Waals surface area contributed by atoms with Crippen LogP contribution in [0.3, 0.4) is 0 Å². The maximum atomic E-state index is 12.7. The molecule has 4 nitrogen and oxygen atoms in total. The minimum absolute atomic E-state index is 0.248. The molecule has 0 spiro atoms. The Hall–Kier alpha value is -2.17. The van der Waals surface area contributed by atoms with Gasteiger partial charge < -0.3 is 5.32 Å². The highest BCUT2D eigenvalue weighted by atomic mass is 19.1. The predicted molar refractivity (Wildman–Crippen MR) is 62.3 cm³/mol. The first-order valence-corrected chi connectivity index (χ1v) is 5.13. The van der Waals surface area contributed by atoms with Crippen molar-refractivity contribution in [3.63, 3.8) is 0 Å². The Labute approximate surface area is 98.1 Å². The van der Waals surface area contributed by atoms with Crippen LogP contribution >= 0.6 is 0 Å². The average molecular weight is 233 g/mol. The number of hydrogen-bond acceptors (Lipinski definition) is 2. The van der Waals surface area contributed by atoms with Gasteiger partial charge in [-0.3, -0.25) is 9.48 Å². The normalized spacial score (nSPS) is 10.3. The first kappa shape index (κ1) is 11.3. The molecule has 2 aromatic rings. The van der Waals surface area contributed by atoms with E-state index < -0.39 is 0 Å². The fourth-order valence-electron chi connectivity index (χ4n) is 1.45. The molecule has 1 aromatic heterocycles. The molecule has 0 atom stereocenters. The van der Waals surface area contributed by atoms with Crippen molar-refractivity contribution in [1.82, 2.24) is 9.78 Å². The summed E-state index contributed by atoms with van der Waals surface area (Å²) < 4.78 is 14.3. The number of halogens is 1. The Morgan fingerprint density at radius 1 is 1.35 bits per heavy atom. The van der Waals surface area contributed by atoms with E-state index >= 15 is 0 Å². The average Bonchev–Trinajstić information content (AvgIpc) is 2.63. The van der Waals surface area contributed by atoms with Crippen LogP contribution in [-0.2, 0) is 7.05 Å². The van der Waals surface area contributed by atoms with Crippen molar-refractivity contribution in [3.8, 4) is 0 Å². The van der Waals surface area contributed by atoms with Crippen LogP contribution in [0.1, 0.15) is 16.1 Å². The summed E-state index contributed by atoms with van der Waals surface area (Å²) in [6.45, 7) is 1.81. The molecule has 2 rings (SSSR count). The molecule has 88 valence electrons. The maximum Gasteiger partial charge on any atom is 0.259 e. The molecule has 0 saturated heterocycles. The number of carbonyl (C=O) groups excluding carboxylic acids is 1. The Bertz CT molecular complexity index is 545. The van der Waals surface area contributed by atoms with Crippen LogP contribution in [0.25, 0.3) is 0 Å². The molecule has 0 fully saturated rings. The molecule has 0 aliphatic rings. The van der Waals surface area contributed by atoms with E-state index in [1.165, 1.54) is 30.5 Å². The molecule has 1 aromatic carbocycles. The van der Waals surface area contributed by atoms with Crippen molar-refractivity contribution in [2.45, 2.75) is 6.92 Å². The summed E-state index contributed by atoms with van der Waals surface area (Å²) in [6.07, 6.45) is 1.51. The standard InChI is InChI=1S/C12H12FN3O/c1-8-11(7-14-16(8)2)12(17)15-10-5-3-9(13)4-6-10/h3-7H,1-2H3,(H,15,17). The number of rotatable bonds is 2. The number of aromatic nitrogens is 2. The van der Waals surface area contributed by atoms with Gasteiger partial charge in [0, 0.05) is 18.4 Å². The zero-order valence-electron chi connectivity index (χ0n) is 9.57. The Morgan fingerprint density at radius 2 is 2.00 bits per heavy atom. The topological polar surface area (TPSA) is 46.9 Å². The van der Waals surface area contributed by atoms with E-state index in [0.717, 1.165) is 5.69 Å². The lowest BCUT2D eigenvalue weighted by atomic mass is 10.2. The zero-order valence-corrected chi connectivity index (χ0v) is 9.57. The number of nitrogens with one attached hydrogen (secondary N) is 1. The van der Waals surface area contributed by atoms with E-state index in [0.29, 0.717) is 11.3 Å². The van der Waals surface area contributed by atoms with Crippen LogP contribution in [0.15, 0.2) is 30.5 Å². The van der Waals surface area contributed by atoms with Crippen LogP contribution < -0.4 is 5.32 Å². The van der Waals surface area contributed by atoms with Gasteiger partial charge in [-0.05, 0) is 31.2 Å². The summed E-state index contributed by atoms with van der Waals surface area (Å²) in [6, 6.07) is 5.62. The molecule has 0 aliphatic heterocycles. The lowest BCUT2D eigenvalue weighted by molar-refractivity contribution is 0.102. The van der Waals surface area contributed by atoms with Gasteiger partial charge in [-0.25, -0.2) is 4.39 Å². The number of carbonyl (C=O) groups is 1. The summed E-state index contributed by atoms with van der Waals surface area (Å²) in [5.74, 6) is -0.581. The van der Waals surface area contributed by atoms with Crippen molar-refractivity contribution in [1.29, 1.82) is 0 Å². The van der Waals surface area contributed by atoms with Crippen molar-refractivity contribution in [3.05, 3.63) is 47.5 Å². The molecule has 0 bridgehead atoms. The number of anilines is 1. The van der Waals surface area contributed by atoms with Crippen molar-refractivity contribution >= 4 is 11.6 Å². The smallest absolute Gasteiger partial charge is 0.259 e. The van der Waals surface area contributed by atoms with Gasteiger partial charge in [0.25, 0.3) is 5.91 Å². The molecule has 1 N–H and O–H groups in total. The molecule has 17 heavy (non-hydrogen) atoms. The second-order valence-electron chi connectivity index (χ2n) is 3.73. The summed E-state index contributed by atoms with van der Waals surface area (Å²) >= 11 is 0. The Balaban J connectivity index is 2.17. The highest BCUT2D eigenvalue weighted by molar-refractivity contribution is 6.04. The van der Waals surface area contributed by atoms with E-state index in [2.05, 4.69) is 10.4 Å². The fraction of sp³-hybridized carbons (Fsp3) is 0.167. The van der Waals surface area contributed by atoms with Gasteiger partial charge >= 0.3 is 0 Å². The number of aryl methyl sites for hydroxylation is 1. The van der Waals surface area contributed by atoms with Crippen LogP contribution in [0, 0.1) is 12.7 Å². The lowest BCUT2D eigenvalue weighted by Gasteiger charge is -2.04.